The maximum Gasteiger partial charge on any atom is 0.136 e. The van der Waals surface area contributed by atoms with Gasteiger partial charge in [0.15, 0.2) is 0 Å². The number of nitrogens with two attached hydrogens (primary N) is 1. The van der Waals surface area contributed by atoms with Crippen LogP contribution in [0.15, 0.2) is 0 Å². The van der Waals surface area contributed by atoms with E-state index in [-0.39, 0.29) is 12.6 Å². The number of hydrogen-bond acceptors (Lipinski definition) is 3. The fourth-order valence-corrected chi connectivity index (χ4v) is 0.737. The molecule has 0 aliphatic carbocycles. The summed E-state index contributed by atoms with van der Waals surface area (Å²) in [5.74, 6) is 0. The Hall–Kier alpha value is -0.410. The molecule has 3 N–H and O–H groups in total. The minimum Gasteiger partial charge on any atom is -0.396 e. The first-order valence-corrected chi connectivity index (χ1v) is 3.63. The van der Waals surface area contributed by atoms with Gasteiger partial charge < -0.3 is 15.6 Å². The van der Waals surface area contributed by atoms with Gasteiger partial charge in [-0.2, -0.15) is 0 Å². The Balaban J connectivity index is 2.95. The van der Waals surface area contributed by atoms with Crippen LogP contribution in [0.4, 0.5) is 0 Å². The monoisotopic (exact) mass is 145 g/mol. The standard InChI is InChI=1S/C7H15NO2/c8-7(6-10)4-2-1-3-5-9/h6-7,9H,1-5,8H2. The molecule has 0 aromatic heterocycles. The third-order valence-corrected chi connectivity index (χ3v) is 1.37. The fourth-order valence-electron chi connectivity index (χ4n) is 0.737. The Kier molecular flexibility index (Phi) is 6.43. The number of hydrogen-bond donors (Lipinski definition) is 2. The largest absolute Gasteiger partial charge is 0.396 e. The summed E-state index contributed by atoms with van der Waals surface area (Å²) in [5.41, 5.74) is 5.32. The van der Waals surface area contributed by atoms with Gasteiger partial charge >= 0.3 is 0 Å². The number of aliphatic hydroxyl groups excluding tert-OH is 1. The predicted octanol–water partition coefficient (Wildman–Crippen LogP) is 0.0653. The minimum atomic E-state index is -0.307. The Morgan fingerprint density at radius 3 is 2.60 bits per heavy atom. The van der Waals surface area contributed by atoms with Crippen molar-refractivity contribution in [2.45, 2.75) is 31.7 Å². The van der Waals surface area contributed by atoms with Gasteiger partial charge in [-0.25, -0.2) is 0 Å². The van der Waals surface area contributed by atoms with Crippen LogP contribution < -0.4 is 5.73 Å². The van der Waals surface area contributed by atoms with E-state index in [1.165, 1.54) is 0 Å². The van der Waals surface area contributed by atoms with Gasteiger partial charge in [-0.3, -0.25) is 0 Å². The van der Waals surface area contributed by atoms with Gasteiger partial charge in [0, 0.05) is 6.61 Å². The van der Waals surface area contributed by atoms with Crippen molar-refractivity contribution < 1.29 is 9.90 Å². The van der Waals surface area contributed by atoms with E-state index in [0.717, 1.165) is 32.0 Å². The van der Waals surface area contributed by atoms with Crippen molar-refractivity contribution in [1.29, 1.82) is 0 Å². The van der Waals surface area contributed by atoms with Crippen LogP contribution in [0.1, 0.15) is 25.7 Å². The van der Waals surface area contributed by atoms with Crippen LogP contribution in [0.5, 0.6) is 0 Å². The highest BCUT2D eigenvalue weighted by Gasteiger charge is 1.97. The zero-order chi connectivity index (χ0) is 7.82. The molecule has 60 valence electrons. The zero-order valence-corrected chi connectivity index (χ0v) is 6.12. The van der Waals surface area contributed by atoms with E-state index in [0.29, 0.717) is 0 Å². The minimum absolute atomic E-state index is 0.232. The predicted molar refractivity (Wildman–Crippen MR) is 39.6 cm³/mol. The molecule has 1 unspecified atom stereocenters. The highest BCUT2D eigenvalue weighted by molar-refractivity contribution is 5.56. The lowest BCUT2D eigenvalue weighted by molar-refractivity contribution is -0.109. The van der Waals surface area contributed by atoms with Gasteiger partial charge in [0.1, 0.15) is 6.29 Å². The zero-order valence-electron chi connectivity index (χ0n) is 6.12. The molecule has 10 heavy (non-hydrogen) atoms. The Bertz CT molecular complexity index is 85.7. The molecule has 0 aromatic carbocycles. The maximum absolute atomic E-state index is 9.99. The summed E-state index contributed by atoms with van der Waals surface area (Å²) in [6, 6.07) is -0.307. The van der Waals surface area contributed by atoms with Crippen LogP contribution in [0.2, 0.25) is 0 Å². The molecule has 3 nitrogen and oxygen atoms in total. The van der Waals surface area contributed by atoms with Crippen molar-refractivity contribution >= 4 is 6.29 Å². The van der Waals surface area contributed by atoms with Crippen molar-refractivity contribution in [3.05, 3.63) is 0 Å². The lowest BCUT2D eigenvalue weighted by atomic mass is 10.1. The van der Waals surface area contributed by atoms with E-state index in [1.807, 2.05) is 0 Å². The average molecular weight is 145 g/mol. The Labute approximate surface area is 61.2 Å². The second-order valence-electron chi connectivity index (χ2n) is 2.37. The van der Waals surface area contributed by atoms with Crippen molar-refractivity contribution in [3.63, 3.8) is 0 Å². The number of unbranched alkanes of at least 4 members (excludes halogenated alkanes) is 2. The van der Waals surface area contributed by atoms with E-state index >= 15 is 0 Å². The van der Waals surface area contributed by atoms with Gasteiger partial charge in [-0.05, 0) is 12.8 Å². The highest BCUT2D eigenvalue weighted by atomic mass is 16.2. The Morgan fingerprint density at radius 1 is 1.40 bits per heavy atom. The second-order valence-corrected chi connectivity index (χ2v) is 2.37. The summed E-state index contributed by atoms with van der Waals surface area (Å²) >= 11 is 0. The Morgan fingerprint density at radius 2 is 2.10 bits per heavy atom. The lowest BCUT2D eigenvalue weighted by Gasteiger charge is -2.01. The molecule has 0 aliphatic rings. The molecule has 0 bridgehead atoms. The van der Waals surface area contributed by atoms with E-state index in [2.05, 4.69) is 0 Å². The van der Waals surface area contributed by atoms with Crippen LogP contribution >= 0.6 is 0 Å². The normalized spacial score (nSPS) is 13.0. The number of carbonyl (C=O) groups excluding carboxylic acids is 1. The van der Waals surface area contributed by atoms with E-state index in [1.54, 1.807) is 0 Å². The van der Waals surface area contributed by atoms with Crippen molar-refractivity contribution in [1.82, 2.24) is 0 Å². The van der Waals surface area contributed by atoms with Crippen LogP contribution in [0.3, 0.4) is 0 Å². The summed E-state index contributed by atoms with van der Waals surface area (Å²) in [7, 11) is 0. The molecular formula is C7H15NO2. The molecule has 3 heteroatoms. The summed E-state index contributed by atoms with van der Waals surface area (Å²) in [6.07, 6.45) is 4.20. The van der Waals surface area contributed by atoms with Crippen LogP contribution in [0.25, 0.3) is 0 Å². The van der Waals surface area contributed by atoms with Crippen LogP contribution in [-0.2, 0) is 4.79 Å². The lowest BCUT2D eigenvalue weighted by Crippen LogP contribution is -2.20. The average Bonchev–Trinajstić information content (AvgIpc) is 1.98. The van der Waals surface area contributed by atoms with E-state index in [9.17, 15) is 4.79 Å². The molecule has 0 aliphatic heterocycles. The molecule has 0 aromatic rings. The smallest absolute Gasteiger partial charge is 0.136 e. The molecule has 0 radical (unpaired) electrons. The van der Waals surface area contributed by atoms with Gasteiger partial charge in [0.25, 0.3) is 0 Å². The fraction of sp³-hybridized carbons (Fsp3) is 0.857. The van der Waals surface area contributed by atoms with Crippen LogP contribution in [-0.4, -0.2) is 24.0 Å². The van der Waals surface area contributed by atoms with Crippen molar-refractivity contribution in [3.8, 4) is 0 Å². The number of carbonyl (C=O) groups is 1. The van der Waals surface area contributed by atoms with Crippen molar-refractivity contribution in [2.75, 3.05) is 6.61 Å². The molecule has 0 saturated carbocycles. The molecular weight excluding hydrogens is 130 g/mol. The molecule has 0 rings (SSSR count). The van der Waals surface area contributed by atoms with E-state index < -0.39 is 0 Å². The van der Waals surface area contributed by atoms with Gasteiger partial charge in [-0.1, -0.05) is 12.8 Å². The van der Waals surface area contributed by atoms with Crippen LogP contribution in [0, 0.1) is 0 Å². The van der Waals surface area contributed by atoms with Gasteiger partial charge in [0.05, 0.1) is 6.04 Å². The maximum atomic E-state index is 9.99. The SMILES string of the molecule is NC(C=O)CCCCCO. The molecule has 0 spiro atoms. The number of aliphatic hydroxyl groups is 1. The van der Waals surface area contributed by atoms with Gasteiger partial charge in [-0.15, -0.1) is 0 Å². The van der Waals surface area contributed by atoms with Crippen molar-refractivity contribution in [2.24, 2.45) is 5.73 Å². The summed E-state index contributed by atoms with van der Waals surface area (Å²) < 4.78 is 0. The van der Waals surface area contributed by atoms with E-state index in [4.69, 9.17) is 10.8 Å². The molecule has 0 amide bonds. The molecule has 0 fully saturated rings. The number of rotatable bonds is 6. The molecule has 0 heterocycles. The first-order valence-electron chi connectivity index (χ1n) is 3.63. The highest BCUT2D eigenvalue weighted by Crippen LogP contribution is 1.99. The quantitative estimate of drug-likeness (QED) is 0.410. The summed E-state index contributed by atoms with van der Waals surface area (Å²) in [5, 5.41) is 8.39. The first-order chi connectivity index (χ1) is 4.81. The first kappa shape index (κ1) is 9.59. The second kappa shape index (κ2) is 6.71. The summed E-state index contributed by atoms with van der Waals surface area (Å²) in [4.78, 5) is 9.99. The summed E-state index contributed by atoms with van der Waals surface area (Å²) in [6.45, 7) is 0.232. The topological polar surface area (TPSA) is 63.3 Å². The molecule has 1 atom stereocenters. The third-order valence-electron chi connectivity index (χ3n) is 1.37. The number of aldehydes is 1. The van der Waals surface area contributed by atoms with Gasteiger partial charge in [0.2, 0.25) is 0 Å². The third kappa shape index (κ3) is 5.72. The molecule has 0 saturated heterocycles.